The second-order valence-corrected chi connectivity index (χ2v) is 7.06. The third-order valence-corrected chi connectivity index (χ3v) is 4.01. The maximum Gasteiger partial charge on any atom is 0.350 e. The number of amides is 2. The summed E-state index contributed by atoms with van der Waals surface area (Å²) in [6.07, 6.45) is 0. The number of alkyl halides is 3. The van der Waals surface area contributed by atoms with Crippen LogP contribution in [-0.4, -0.2) is 21.0 Å². The van der Waals surface area contributed by atoms with Crippen LogP contribution < -0.4 is 10.3 Å². The highest BCUT2D eigenvalue weighted by atomic mass is 35.5. The van der Waals surface area contributed by atoms with Gasteiger partial charge in [-0.25, -0.2) is 4.79 Å². The minimum absolute atomic E-state index is 0.133. The van der Waals surface area contributed by atoms with Crippen LogP contribution in [-0.2, 0) is 0 Å². The standard InChI is InChI=1S/C9H6Cl4FN3OS/c10-6-2-1-5(3-7(6)11)16-4-15-17(8(16)18)19-9(12,13)14/h1-3,15H,4H2. The van der Waals surface area contributed by atoms with Crippen LogP contribution in [0.2, 0.25) is 10.0 Å². The van der Waals surface area contributed by atoms with Gasteiger partial charge in [0, 0.05) is 17.6 Å². The Balaban J connectivity index is 2.15. The number of hydrogen-bond donors (Lipinski definition) is 1. The van der Waals surface area contributed by atoms with Crippen molar-refractivity contribution < 1.29 is 9.18 Å². The van der Waals surface area contributed by atoms with E-state index in [-0.39, 0.29) is 6.67 Å². The van der Waals surface area contributed by atoms with Crippen LogP contribution in [0.15, 0.2) is 18.2 Å². The summed E-state index contributed by atoms with van der Waals surface area (Å²) < 4.78 is 11.4. The lowest BCUT2D eigenvalue weighted by Crippen LogP contribution is -2.31. The zero-order chi connectivity index (χ0) is 14.2. The van der Waals surface area contributed by atoms with Crippen molar-refractivity contribution in [2.75, 3.05) is 11.6 Å². The zero-order valence-corrected chi connectivity index (χ0v) is 12.9. The van der Waals surface area contributed by atoms with Gasteiger partial charge in [0.1, 0.15) is 0 Å². The molecule has 0 aromatic heterocycles. The Morgan fingerprint density at radius 1 is 1.32 bits per heavy atom. The minimum Gasteiger partial charge on any atom is -0.277 e. The Hall–Kier alpha value is -0.110. The van der Waals surface area contributed by atoms with E-state index in [0.717, 1.165) is 4.41 Å². The second kappa shape index (κ2) is 5.71. The molecule has 0 bridgehead atoms. The number of anilines is 1. The molecule has 4 nitrogen and oxygen atoms in total. The number of carbonyl (C=O) groups is 1. The van der Waals surface area contributed by atoms with Crippen molar-refractivity contribution in [1.82, 2.24) is 9.84 Å². The van der Waals surface area contributed by atoms with E-state index in [4.69, 9.17) is 46.4 Å². The van der Waals surface area contributed by atoms with Crippen molar-refractivity contribution in [2.45, 2.75) is 3.92 Å². The molecule has 1 fully saturated rings. The molecule has 1 aromatic rings. The third kappa shape index (κ3) is 3.71. The first-order valence-electron chi connectivity index (χ1n) is 4.84. The molecule has 0 spiro atoms. The number of rotatable bonds is 3. The molecule has 0 aliphatic carbocycles. The van der Waals surface area contributed by atoms with E-state index >= 15 is 0 Å². The van der Waals surface area contributed by atoms with Crippen LogP contribution in [0.3, 0.4) is 0 Å². The van der Waals surface area contributed by atoms with E-state index in [1.54, 1.807) is 12.1 Å². The Kier molecular flexibility index (Phi) is 4.59. The predicted octanol–water partition coefficient (Wildman–Crippen LogP) is 4.40. The number of nitrogens with one attached hydrogen (secondary N) is 1. The predicted molar refractivity (Wildman–Crippen MR) is 77.3 cm³/mol. The Labute approximate surface area is 132 Å². The molecular weight excluding hydrogens is 359 g/mol. The van der Waals surface area contributed by atoms with Gasteiger partial charge >= 0.3 is 9.95 Å². The summed E-state index contributed by atoms with van der Waals surface area (Å²) in [7, 11) is 0. The first kappa shape index (κ1) is 15.3. The molecule has 0 unspecified atom stereocenters. The molecule has 0 saturated carbocycles. The van der Waals surface area contributed by atoms with Crippen LogP contribution >= 0.6 is 58.4 Å². The normalized spacial score (nSPS) is 16.4. The number of urea groups is 1. The highest BCUT2D eigenvalue weighted by Crippen LogP contribution is 2.39. The molecular formula is C9H6Cl4FN3OS. The lowest BCUT2D eigenvalue weighted by molar-refractivity contribution is 0.235. The molecule has 0 radical (unpaired) electrons. The SMILES string of the molecule is O=C1N(SC(F)(Cl)Cl)NCN1c1ccc(Cl)c(Cl)c1. The average molecular weight is 365 g/mol. The summed E-state index contributed by atoms with van der Waals surface area (Å²) in [5.41, 5.74) is 3.15. The van der Waals surface area contributed by atoms with Crippen molar-refractivity contribution >= 4 is 70.1 Å². The van der Waals surface area contributed by atoms with Gasteiger partial charge in [-0.2, -0.15) is 14.2 Å². The van der Waals surface area contributed by atoms with Crippen molar-refractivity contribution in [3.63, 3.8) is 0 Å². The van der Waals surface area contributed by atoms with Crippen molar-refractivity contribution in [2.24, 2.45) is 0 Å². The van der Waals surface area contributed by atoms with Gasteiger partial charge in [0.05, 0.1) is 16.7 Å². The van der Waals surface area contributed by atoms with E-state index < -0.39 is 9.95 Å². The summed E-state index contributed by atoms with van der Waals surface area (Å²) in [6.45, 7) is 0.133. The summed E-state index contributed by atoms with van der Waals surface area (Å²) in [6, 6.07) is 4.19. The maximum atomic E-state index is 13.1. The molecule has 104 valence electrons. The van der Waals surface area contributed by atoms with Gasteiger partial charge in [-0.3, -0.25) is 4.90 Å². The van der Waals surface area contributed by atoms with Crippen LogP contribution in [0.5, 0.6) is 0 Å². The molecule has 0 atom stereocenters. The number of nitrogens with zero attached hydrogens (tertiary/aromatic N) is 2. The van der Waals surface area contributed by atoms with E-state index in [1.165, 1.54) is 11.0 Å². The molecule has 19 heavy (non-hydrogen) atoms. The molecule has 2 amide bonds. The second-order valence-electron chi connectivity index (χ2n) is 3.46. The number of hydrazine groups is 1. The monoisotopic (exact) mass is 363 g/mol. The Morgan fingerprint density at radius 3 is 2.58 bits per heavy atom. The van der Waals surface area contributed by atoms with Gasteiger partial charge in [-0.15, -0.1) is 0 Å². The van der Waals surface area contributed by atoms with E-state index in [2.05, 4.69) is 5.43 Å². The van der Waals surface area contributed by atoms with Gasteiger partial charge in [0.25, 0.3) is 0 Å². The van der Waals surface area contributed by atoms with Crippen molar-refractivity contribution in [3.05, 3.63) is 28.2 Å². The minimum atomic E-state index is -2.60. The molecule has 2 rings (SSSR count). The van der Waals surface area contributed by atoms with Gasteiger partial charge in [-0.1, -0.05) is 46.4 Å². The zero-order valence-electron chi connectivity index (χ0n) is 9.04. The number of benzene rings is 1. The lowest BCUT2D eigenvalue weighted by atomic mass is 10.3. The van der Waals surface area contributed by atoms with E-state index in [0.29, 0.717) is 27.7 Å². The summed E-state index contributed by atoms with van der Waals surface area (Å²) >= 11 is 22.4. The van der Waals surface area contributed by atoms with Gasteiger partial charge in [0.15, 0.2) is 0 Å². The third-order valence-electron chi connectivity index (χ3n) is 2.19. The van der Waals surface area contributed by atoms with Gasteiger partial charge < -0.3 is 0 Å². The Morgan fingerprint density at radius 2 is 2.00 bits per heavy atom. The quantitative estimate of drug-likeness (QED) is 0.637. The Bertz CT molecular complexity index is 513. The van der Waals surface area contributed by atoms with Crippen LogP contribution in [0.25, 0.3) is 0 Å². The summed E-state index contributed by atoms with van der Waals surface area (Å²) in [5.74, 6) is 0. The first-order valence-corrected chi connectivity index (χ1v) is 7.12. The van der Waals surface area contributed by atoms with Gasteiger partial charge in [0.2, 0.25) is 0 Å². The molecule has 1 N–H and O–H groups in total. The fourth-order valence-electron chi connectivity index (χ4n) is 1.41. The van der Waals surface area contributed by atoms with Crippen LogP contribution in [0, 0.1) is 0 Å². The molecule has 1 aliphatic heterocycles. The van der Waals surface area contributed by atoms with Crippen molar-refractivity contribution in [3.8, 4) is 0 Å². The molecule has 10 heteroatoms. The molecule has 1 heterocycles. The van der Waals surface area contributed by atoms with E-state index in [9.17, 15) is 9.18 Å². The topological polar surface area (TPSA) is 35.6 Å². The van der Waals surface area contributed by atoms with Crippen molar-refractivity contribution in [1.29, 1.82) is 0 Å². The summed E-state index contributed by atoms with van der Waals surface area (Å²) in [5, 5.41) is 0.688. The largest absolute Gasteiger partial charge is 0.350 e. The van der Waals surface area contributed by atoms with Gasteiger partial charge in [-0.05, 0) is 18.2 Å². The highest BCUT2D eigenvalue weighted by Gasteiger charge is 2.37. The lowest BCUT2D eigenvalue weighted by Gasteiger charge is -2.18. The van der Waals surface area contributed by atoms with Crippen LogP contribution in [0.4, 0.5) is 14.9 Å². The number of carbonyl (C=O) groups excluding carboxylic acids is 1. The van der Waals surface area contributed by atoms with Crippen LogP contribution in [0.1, 0.15) is 0 Å². The fraction of sp³-hybridized carbons (Fsp3) is 0.222. The molecule has 1 aromatic carbocycles. The molecule has 1 aliphatic rings. The molecule has 1 saturated heterocycles. The first-order chi connectivity index (χ1) is 8.78. The fourth-order valence-corrected chi connectivity index (χ4v) is 2.62. The van der Waals surface area contributed by atoms with E-state index in [1.807, 2.05) is 0 Å². The summed E-state index contributed by atoms with van der Waals surface area (Å²) in [4.78, 5) is 13.3. The average Bonchev–Trinajstić information content (AvgIpc) is 2.63. The number of hydrogen-bond acceptors (Lipinski definition) is 3. The smallest absolute Gasteiger partial charge is 0.277 e. The highest BCUT2D eigenvalue weighted by molar-refractivity contribution is 8.01. The number of halogens is 5. The maximum absolute atomic E-state index is 13.1.